The number of aliphatic hydroxyl groups excluding tert-OH is 1. The molecule has 0 unspecified atom stereocenters. The van der Waals surface area contributed by atoms with Crippen molar-refractivity contribution in [2.75, 3.05) is 0 Å². The number of benzene rings is 1. The Bertz CT molecular complexity index is 710. The topological polar surface area (TPSA) is 103 Å². The van der Waals surface area contributed by atoms with E-state index in [-0.39, 0.29) is 17.2 Å². The predicted octanol–water partition coefficient (Wildman–Crippen LogP) is 1.56. The predicted molar refractivity (Wildman–Crippen MR) is 78.5 cm³/mol. The summed E-state index contributed by atoms with van der Waals surface area (Å²) in [6, 6.07) is 7.28. The van der Waals surface area contributed by atoms with Crippen LogP contribution in [-0.2, 0) is 12.4 Å². The van der Waals surface area contributed by atoms with Gasteiger partial charge in [0, 0.05) is 11.4 Å². The highest BCUT2D eigenvalue weighted by Gasteiger charge is 2.16. The van der Waals surface area contributed by atoms with Crippen LogP contribution in [0.4, 0.5) is 0 Å². The third-order valence-corrected chi connectivity index (χ3v) is 3.93. The highest BCUT2D eigenvalue weighted by atomic mass is 32.2. The monoisotopic (exact) mass is 306 g/mol. The number of aliphatic hydroxyl groups is 1. The molecule has 1 heterocycles. The molecule has 2 aromatic rings. The maximum atomic E-state index is 11.4. The van der Waals surface area contributed by atoms with E-state index in [9.17, 15) is 14.7 Å². The number of carbonyl (C=O) groups is 1. The third kappa shape index (κ3) is 3.71. The first-order valence-corrected chi connectivity index (χ1v) is 7.15. The molecule has 0 saturated heterocycles. The lowest BCUT2D eigenvalue weighted by atomic mass is 10.2. The van der Waals surface area contributed by atoms with Crippen LogP contribution in [0.15, 0.2) is 34.1 Å². The zero-order valence-corrected chi connectivity index (χ0v) is 12.1. The smallest absolute Gasteiger partial charge is 0.346 e. The second-order valence-corrected chi connectivity index (χ2v) is 5.38. The van der Waals surface area contributed by atoms with Crippen molar-refractivity contribution in [2.45, 2.75) is 24.3 Å². The quantitative estimate of drug-likeness (QED) is 0.572. The van der Waals surface area contributed by atoms with E-state index in [1.165, 1.54) is 18.7 Å². The summed E-state index contributed by atoms with van der Waals surface area (Å²) < 4.78 is 0. The van der Waals surface area contributed by atoms with E-state index < -0.39 is 11.7 Å². The van der Waals surface area contributed by atoms with Gasteiger partial charge in [0.05, 0.1) is 6.61 Å². The van der Waals surface area contributed by atoms with E-state index in [4.69, 9.17) is 5.11 Å². The molecular formula is C14H14N2O4S. The van der Waals surface area contributed by atoms with E-state index in [1.807, 2.05) is 12.1 Å². The minimum Gasteiger partial charge on any atom is -0.478 e. The van der Waals surface area contributed by atoms with Crippen molar-refractivity contribution in [3.05, 3.63) is 57.1 Å². The summed E-state index contributed by atoms with van der Waals surface area (Å²) in [7, 11) is 0. The Labute approximate surface area is 124 Å². The first kappa shape index (κ1) is 15.3. The van der Waals surface area contributed by atoms with Gasteiger partial charge >= 0.3 is 11.7 Å². The summed E-state index contributed by atoms with van der Waals surface area (Å²) in [5.41, 5.74) is 1.51. The molecule has 0 spiro atoms. The molecule has 110 valence electrons. The molecule has 0 aliphatic carbocycles. The van der Waals surface area contributed by atoms with Gasteiger partial charge in [-0.1, -0.05) is 24.3 Å². The van der Waals surface area contributed by atoms with E-state index in [0.29, 0.717) is 11.4 Å². The Hall–Kier alpha value is -2.12. The fourth-order valence-corrected chi connectivity index (χ4v) is 2.84. The van der Waals surface area contributed by atoms with Gasteiger partial charge in [-0.15, -0.1) is 11.8 Å². The molecule has 0 radical (unpaired) electrons. The fourth-order valence-electron chi connectivity index (χ4n) is 1.81. The molecule has 6 nitrogen and oxygen atoms in total. The lowest BCUT2D eigenvalue weighted by Gasteiger charge is -2.07. The molecular weight excluding hydrogens is 292 g/mol. The lowest BCUT2D eigenvalue weighted by Crippen LogP contribution is -2.18. The van der Waals surface area contributed by atoms with Crippen LogP contribution in [0.25, 0.3) is 0 Å². The van der Waals surface area contributed by atoms with Crippen molar-refractivity contribution < 1.29 is 15.0 Å². The molecule has 1 aromatic carbocycles. The van der Waals surface area contributed by atoms with Crippen molar-refractivity contribution in [3.8, 4) is 0 Å². The summed E-state index contributed by atoms with van der Waals surface area (Å²) in [5, 5.41) is 18.4. The number of carboxylic acid groups (broad SMARTS) is 1. The highest BCUT2D eigenvalue weighted by molar-refractivity contribution is 7.98. The molecule has 1 aromatic heterocycles. The number of aromatic nitrogens is 2. The normalized spacial score (nSPS) is 10.6. The molecule has 0 bridgehead atoms. The molecule has 3 N–H and O–H groups in total. The zero-order chi connectivity index (χ0) is 15.4. The number of nitrogens with zero attached hydrogens (tertiary/aromatic N) is 1. The van der Waals surface area contributed by atoms with Crippen molar-refractivity contribution in [3.63, 3.8) is 0 Å². The highest BCUT2D eigenvalue weighted by Crippen LogP contribution is 2.24. The van der Waals surface area contributed by atoms with Gasteiger partial charge in [0.15, 0.2) is 0 Å². The standard InChI is InChI=1S/C14H14N2O4S/c1-8-11(13(18)19)12(16-14(20)15-8)21-7-10-4-2-9(6-17)3-5-10/h2-5,17H,6-7H2,1H3,(H,18,19)(H,15,16,20). The number of nitrogens with one attached hydrogen (secondary N) is 1. The Kier molecular flexibility index (Phi) is 4.77. The van der Waals surface area contributed by atoms with Crippen LogP contribution in [0.1, 0.15) is 27.2 Å². The van der Waals surface area contributed by atoms with Gasteiger partial charge in [0.25, 0.3) is 0 Å². The molecule has 21 heavy (non-hydrogen) atoms. The van der Waals surface area contributed by atoms with Gasteiger partial charge in [-0.25, -0.2) is 9.59 Å². The number of H-pyrrole nitrogens is 1. The number of aryl methyl sites for hydroxylation is 1. The number of rotatable bonds is 5. The van der Waals surface area contributed by atoms with Crippen molar-refractivity contribution in [1.29, 1.82) is 0 Å². The third-order valence-electron chi connectivity index (χ3n) is 2.88. The van der Waals surface area contributed by atoms with Crippen LogP contribution in [0.2, 0.25) is 0 Å². The number of aromatic amines is 1. The Morgan fingerprint density at radius 2 is 1.90 bits per heavy atom. The van der Waals surface area contributed by atoms with Gasteiger partial charge in [0.1, 0.15) is 10.6 Å². The Morgan fingerprint density at radius 3 is 2.48 bits per heavy atom. The molecule has 7 heteroatoms. The molecule has 0 aliphatic heterocycles. The summed E-state index contributed by atoms with van der Waals surface area (Å²) in [4.78, 5) is 28.7. The summed E-state index contributed by atoms with van der Waals surface area (Å²) in [6.45, 7) is 1.51. The summed E-state index contributed by atoms with van der Waals surface area (Å²) in [6.07, 6.45) is 0. The minimum atomic E-state index is -1.12. The van der Waals surface area contributed by atoms with Crippen LogP contribution < -0.4 is 5.69 Å². The van der Waals surface area contributed by atoms with Gasteiger partial charge in [-0.2, -0.15) is 4.98 Å². The molecule has 0 saturated carbocycles. The average Bonchev–Trinajstić information content (AvgIpc) is 2.44. The summed E-state index contributed by atoms with van der Waals surface area (Å²) in [5.74, 6) is -0.628. The van der Waals surface area contributed by atoms with E-state index >= 15 is 0 Å². The molecule has 0 amide bonds. The van der Waals surface area contributed by atoms with Crippen LogP contribution in [-0.4, -0.2) is 26.2 Å². The van der Waals surface area contributed by atoms with Crippen molar-refractivity contribution in [1.82, 2.24) is 9.97 Å². The minimum absolute atomic E-state index is 0.0200. The van der Waals surface area contributed by atoms with E-state index in [1.54, 1.807) is 12.1 Å². The largest absolute Gasteiger partial charge is 0.478 e. The zero-order valence-electron chi connectivity index (χ0n) is 11.3. The van der Waals surface area contributed by atoms with Gasteiger partial charge in [-0.05, 0) is 18.1 Å². The van der Waals surface area contributed by atoms with Crippen LogP contribution >= 0.6 is 11.8 Å². The first-order chi connectivity index (χ1) is 10.0. The second-order valence-electron chi connectivity index (χ2n) is 4.42. The van der Waals surface area contributed by atoms with Crippen LogP contribution in [0.3, 0.4) is 0 Å². The van der Waals surface area contributed by atoms with Gasteiger partial charge < -0.3 is 15.2 Å². The molecule has 0 aliphatic rings. The Balaban J connectivity index is 2.22. The number of thioether (sulfide) groups is 1. The van der Waals surface area contributed by atoms with Gasteiger partial charge in [0.2, 0.25) is 0 Å². The SMILES string of the molecule is Cc1[nH]c(=O)nc(SCc2ccc(CO)cc2)c1C(=O)O. The summed E-state index contributed by atoms with van der Waals surface area (Å²) >= 11 is 1.20. The maximum absolute atomic E-state index is 11.4. The van der Waals surface area contributed by atoms with Crippen molar-refractivity contribution in [2.24, 2.45) is 0 Å². The number of hydrogen-bond donors (Lipinski definition) is 3. The first-order valence-electron chi connectivity index (χ1n) is 6.17. The van der Waals surface area contributed by atoms with Crippen LogP contribution in [0.5, 0.6) is 0 Å². The molecule has 0 atom stereocenters. The maximum Gasteiger partial charge on any atom is 0.346 e. The average molecular weight is 306 g/mol. The fraction of sp³-hybridized carbons (Fsp3) is 0.214. The molecule has 0 fully saturated rings. The van der Waals surface area contributed by atoms with E-state index in [2.05, 4.69) is 9.97 Å². The lowest BCUT2D eigenvalue weighted by molar-refractivity contribution is 0.0690. The number of hydrogen-bond acceptors (Lipinski definition) is 5. The van der Waals surface area contributed by atoms with Gasteiger partial charge in [-0.3, -0.25) is 0 Å². The number of aromatic carboxylic acids is 1. The van der Waals surface area contributed by atoms with E-state index in [0.717, 1.165) is 11.1 Å². The molecule has 2 rings (SSSR count). The second kappa shape index (κ2) is 6.55. The Morgan fingerprint density at radius 1 is 1.29 bits per heavy atom. The number of carboxylic acids is 1. The van der Waals surface area contributed by atoms with Crippen molar-refractivity contribution >= 4 is 17.7 Å². The van der Waals surface area contributed by atoms with Crippen LogP contribution in [0, 0.1) is 6.92 Å².